The third-order valence-corrected chi connectivity index (χ3v) is 5.22. The lowest BCUT2D eigenvalue weighted by Crippen LogP contribution is -2.12. The average molecular weight is 443 g/mol. The van der Waals surface area contributed by atoms with E-state index < -0.39 is 0 Å². The summed E-state index contributed by atoms with van der Waals surface area (Å²) in [6.45, 7) is 0.602. The van der Waals surface area contributed by atoms with Gasteiger partial charge in [-0.2, -0.15) is 0 Å². The number of hydrogen-bond acceptors (Lipinski definition) is 6. The van der Waals surface area contributed by atoms with E-state index in [0.29, 0.717) is 29.4 Å². The van der Waals surface area contributed by atoms with Crippen LogP contribution in [0.4, 0.5) is 0 Å². The van der Waals surface area contributed by atoms with Crippen LogP contribution in [0.5, 0.6) is 17.2 Å². The first-order valence-corrected chi connectivity index (χ1v) is 9.71. The number of ether oxygens (including phenoxy) is 4. The summed E-state index contributed by atoms with van der Waals surface area (Å²) >= 11 is 3.47. The maximum absolute atomic E-state index is 12.7. The molecule has 0 unspecified atom stereocenters. The Kier molecular flexibility index (Phi) is 4.21. The van der Waals surface area contributed by atoms with E-state index >= 15 is 0 Å². The summed E-state index contributed by atoms with van der Waals surface area (Å²) in [7, 11) is 0. The number of allylic oxidation sites excluding steroid dienone is 1. The Morgan fingerprint density at radius 1 is 1.21 bits per heavy atom. The molecule has 0 amide bonds. The normalized spacial score (nSPS) is 18.9. The van der Waals surface area contributed by atoms with Gasteiger partial charge in [-0.1, -0.05) is 15.9 Å². The molecule has 0 atom stereocenters. The van der Waals surface area contributed by atoms with Crippen molar-refractivity contribution in [3.05, 3.63) is 57.3 Å². The van der Waals surface area contributed by atoms with Crippen molar-refractivity contribution in [2.24, 2.45) is 5.92 Å². The summed E-state index contributed by atoms with van der Waals surface area (Å²) in [5, 5.41) is 0. The van der Waals surface area contributed by atoms with Crippen molar-refractivity contribution in [2.45, 2.75) is 19.4 Å². The molecule has 28 heavy (non-hydrogen) atoms. The number of benzene rings is 2. The van der Waals surface area contributed by atoms with Crippen LogP contribution in [0.25, 0.3) is 6.08 Å². The van der Waals surface area contributed by atoms with Crippen molar-refractivity contribution in [1.82, 2.24) is 0 Å². The van der Waals surface area contributed by atoms with Crippen molar-refractivity contribution < 1.29 is 28.5 Å². The standard InChI is InChI=1S/C21H15BrO6/c22-14-5-12(20-13(6-14)9-25-10-26-20)7-18-19(23)16-4-3-15(8-17(16)28-18)27-21(24)11-1-2-11/h3-8,11H,1-2,9-10H2/b18-7-. The van der Waals surface area contributed by atoms with Crippen molar-refractivity contribution in [1.29, 1.82) is 0 Å². The third-order valence-electron chi connectivity index (χ3n) is 4.76. The van der Waals surface area contributed by atoms with Gasteiger partial charge in [0, 0.05) is 21.7 Å². The number of halogens is 1. The Morgan fingerprint density at radius 2 is 2.07 bits per heavy atom. The number of Topliss-reactive ketones (excluding diaryl/α,β-unsaturated/α-hetero) is 1. The van der Waals surface area contributed by atoms with E-state index in [9.17, 15) is 9.59 Å². The van der Waals surface area contributed by atoms with Gasteiger partial charge < -0.3 is 18.9 Å². The smallest absolute Gasteiger partial charge is 0.314 e. The van der Waals surface area contributed by atoms with Crippen molar-refractivity contribution in [2.75, 3.05) is 6.79 Å². The zero-order valence-electron chi connectivity index (χ0n) is 14.7. The van der Waals surface area contributed by atoms with Gasteiger partial charge in [0.05, 0.1) is 18.1 Å². The van der Waals surface area contributed by atoms with E-state index in [1.165, 1.54) is 0 Å². The molecule has 0 spiro atoms. The quantitative estimate of drug-likeness (QED) is 0.402. The lowest BCUT2D eigenvalue weighted by atomic mass is 10.1. The second-order valence-electron chi connectivity index (χ2n) is 6.89. The Labute approximate surface area is 169 Å². The van der Waals surface area contributed by atoms with Crippen LogP contribution in [0.15, 0.2) is 40.6 Å². The van der Waals surface area contributed by atoms with E-state index in [4.69, 9.17) is 18.9 Å². The first-order chi connectivity index (χ1) is 13.6. The van der Waals surface area contributed by atoms with Crippen molar-refractivity contribution >= 4 is 33.8 Å². The predicted molar refractivity (Wildman–Crippen MR) is 102 cm³/mol. The van der Waals surface area contributed by atoms with Gasteiger partial charge in [-0.15, -0.1) is 0 Å². The summed E-state index contributed by atoms with van der Waals surface area (Å²) in [5.74, 6) is 1.16. The molecule has 2 aliphatic heterocycles. The lowest BCUT2D eigenvalue weighted by molar-refractivity contribution is -0.135. The van der Waals surface area contributed by atoms with Gasteiger partial charge >= 0.3 is 5.97 Å². The second kappa shape index (κ2) is 6.76. The van der Waals surface area contributed by atoms with E-state index in [2.05, 4.69) is 15.9 Å². The number of hydrogen-bond donors (Lipinski definition) is 0. The van der Waals surface area contributed by atoms with Crippen LogP contribution in [-0.4, -0.2) is 18.5 Å². The highest BCUT2D eigenvalue weighted by Crippen LogP contribution is 2.38. The van der Waals surface area contributed by atoms with Crippen LogP contribution in [0, 0.1) is 5.92 Å². The fraction of sp³-hybridized carbons (Fsp3) is 0.238. The maximum Gasteiger partial charge on any atom is 0.314 e. The molecular weight excluding hydrogens is 428 g/mol. The van der Waals surface area contributed by atoms with Crippen LogP contribution in [0.2, 0.25) is 0 Å². The molecule has 0 saturated heterocycles. The molecule has 2 heterocycles. The molecule has 1 fully saturated rings. The van der Waals surface area contributed by atoms with Gasteiger partial charge in [-0.25, -0.2) is 0 Å². The van der Waals surface area contributed by atoms with Gasteiger partial charge in [0.2, 0.25) is 5.78 Å². The van der Waals surface area contributed by atoms with E-state index in [1.54, 1.807) is 24.3 Å². The van der Waals surface area contributed by atoms with Crippen molar-refractivity contribution in [3.63, 3.8) is 0 Å². The SMILES string of the molecule is O=C1/C(=C/c2cc(Br)cc3c2OCOC3)Oc2cc(OC(=O)C3CC3)ccc21. The molecule has 6 nitrogen and oxygen atoms in total. The third kappa shape index (κ3) is 3.21. The fourth-order valence-electron chi connectivity index (χ4n) is 3.21. The molecular formula is C21H15BrO6. The summed E-state index contributed by atoms with van der Waals surface area (Å²) in [6, 6.07) is 8.59. The maximum atomic E-state index is 12.7. The minimum absolute atomic E-state index is 0.00190. The predicted octanol–water partition coefficient (Wildman–Crippen LogP) is 4.25. The number of fused-ring (bicyclic) bond motifs is 2. The summed E-state index contributed by atoms with van der Waals surface area (Å²) in [5.41, 5.74) is 2.06. The van der Waals surface area contributed by atoms with Gasteiger partial charge in [-0.05, 0) is 43.2 Å². The number of carbonyl (C=O) groups is 2. The molecule has 0 N–H and O–H groups in total. The minimum atomic E-state index is -0.236. The van der Waals surface area contributed by atoms with Crippen LogP contribution in [-0.2, 0) is 16.1 Å². The van der Waals surface area contributed by atoms with Crippen LogP contribution in [0.3, 0.4) is 0 Å². The topological polar surface area (TPSA) is 71.1 Å². The number of rotatable bonds is 3. The average Bonchev–Trinajstić information content (AvgIpc) is 3.48. The summed E-state index contributed by atoms with van der Waals surface area (Å²) in [4.78, 5) is 24.6. The van der Waals surface area contributed by atoms with Gasteiger partial charge in [0.25, 0.3) is 0 Å². The Morgan fingerprint density at radius 3 is 2.89 bits per heavy atom. The van der Waals surface area contributed by atoms with E-state index in [0.717, 1.165) is 28.4 Å². The Bertz CT molecular complexity index is 1040. The molecule has 142 valence electrons. The highest BCUT2D eigenvalue weighted by Gasteiger charge is 2.33. The molecule has 1 aliphatic carbocycles. The second-order valence-corrected chi connectivity index (χ2v) is 7.80. The number of ketones is 1. The summed E-state index contributed by atoms with van der Waals surface area (Å²) < 4.78 is 22.9. The molecule has 0 bridgehead atoms. The number of carbonyl (C=O) groups excluding carboxylic acids is 2. The number of esters is 1. The minimum Gasteiger partial charge on any atom is -0.467 e. The molecule has 2 aromatic rings. The zero-order chi connectivity index (χ0) is 19.3. The first-order valence-electron chi connectivity index (χ1n) is 8.91. The van der Waals surface area contributed by atoms with Crippen LogP contribution >= 0.6 is 15.9 Å². The van der Waals surface area contributed by atoms with Gasteiger partial charge in [0.15, 0.2) is 12.6 Å². The molecule has 3 aliphatic rings. The highest BCUT2D eigenvalue weighted by molar-refractivity contribution is 9.10. The molecule has 2 aromatic carbocycles. The Balaban J connectivity index is 1.45. The van der Waals surface area contributed by atoms with Crippen LogP contribution < -0.4 is 14.2 Å². The monoisotopic (exact) mass is 442 g/mol. The fourth-order valence-corrected chi connectivity index (χ4v) is 3.73. The molecule has 5 rings (SSSR count). The van der Waals surface area contributed by atoms with E-state index in [1.807, 2.05) is 12.1 Å². The van der Waals surface area contributed by atoms with Gasteiger partial charge in [0.1, 0.15) is 17.2 Å². The highest BCUT2D eigenvalue weighted by atomic mass is 79.9. The van der Waals surface area contributed by atoms with Crippen LogP contribution in [0.1, 0.15) is 34.3 Å². The molecule has 1 saturated carbocycles. The molecule has 0 aromatic heterocycles. The first kappa shape index (κ1) is 17.5. The lowest BCUT2D eigenvalue weighted by Gasteiger charge is -2.20. The molecule has 0 radical (unpaired) electrons. The largest absolute Gasteiger partial charge is 0.467 e. The molecule has 7 heteroatoms. The van der Waals surface area contributed by atoms with Crippen molar-refractivity contribution in [3.8, 4) is 17.2 Å². The zero-order valence-corrected chi connectivity index (χ0v) is 16.3. The van der Waals surface area contributed by atoms with Gasteiger partial charge in [-0.3, -0.25) is 9.59 Å². The summed E-state index contributed by atoms with van der Waals surface area (Å²) in [6.07, 6.45) is 3.40. The van der Waals surface area contributed by atoms with E-state index in [-0.39, 0.29) is 30.2 Å². The Hall–Kier alpha value is -2.64.